The first-order chi connectivity index (χ1) is 14.4. The van der Waals surface area contributed by atoms with Crippen LogP contribution in [0.3, 0.4) is 0 Å². The summed E-state index contributed by atoms with van der Waals surface area (Å²) in [5.74, 6) is 0.780. The number of hydrogen-bond donors (Lipinski definition) is 1. The molecule has 0 aromatic heterocycles. The highest BCUT2D eigenvalue weighted by Crippen LogP contribution is 2.25. The Labute approximate surface area is 177 Å². The number of ether oxygens (including phenoxy) is 3. The molecule has 2 aromatic rings. The number of methoxy groups -OCH3 is 2. The number of rotatable bonds is 10. The maximum Gasteiger partial charge on any atom is 0.331 e. The zero-order chi connectivity index (χ0) is 21.9. The minimum absolute atomic E-state index is 0.329. The van der Waals surface area contributed by atoms with Crippen molar-refractivity contribution in [3.05, 3.63) is 65.2 Å². The van der Waals surface area contributed by atoms with E-state index in [1.54, 1.807) is 38.5 Å². The molecule has 0 aliphatic carbocycles. The van der Waals surface area contributed by atoms with E-state index in [0.717, 1.165) is 5.56 Å². The number of carbonyl (C=O) groups is 2. The average molecular weight is 411 g/mol. The number of hydrogen-bond acceptors (Lipinski definition) is 5. The molecule has 1 amide bonds. The molecule has 6 nitrogen and oxygen atoms in total. The third kappa shape index (κ3) is 7.28. The fraction of sp³-hybridized carbons (Fsp3) is 0.333. The van der Waals surface area contributed by atoms with Crippen molar-refractivity contribution in [2.45, 2.75) is 26.2 Å². The summed E-state index contributed by atoms with van der Waals surface area (Å²) in [6, 6.07) is 13.6. The molecule has 0 unspecified atom stereocenters. The fourth-order valence-corrected chi connectivity index (χ4v) is 2.78. The summed E-state index contributed by atoms with van der Waals surface area (Å²) in [6.45, 7) is 4.46. The van der Waals surface area contributed by atoms with Gasteiger partial charge in [-0.2, -0.15) is 0 Å². The van der Waals surface area contributed by atoms with Gasteiger partial charge in [-0.1, -0.05) is 38.1 Å². The van der Waals surface area contributed by atoms with Crippen LogP contribution in [0.5, 0.6) is 11.5 Å². The van der Waals surface area contributed by atoms with E-state index in [4.69, 9.17) is 14.2 Å². The first kappa shape index (κ1) is 23.0. The molecule has 6 heteroatoms. The van der Waals surface area contributed by atoms with Gasteiger partial charge in [0.25, 0.3) is 5.91 Å². The Kier molecular flexibility index (Phi) is 8.94. The normalized spacial score (nSPS) is 10.8. The topological polar surface area (TPSA) is 73.9 Å². The number of amides is 1. The summed E-state index contributed by atoms with van der Waals surface area (Å²) < 4.78 is 15.4. The third-order valence-electron chi connectivity index (χ3n) is 4.56. The standard InChI is InChI=1S/C24H29NO5/c1-17(2)19-7-5-18(6-8-19)13-14-25-23(26)16-30-24(27)12-9-20-15-21(28-3)10-11-22(20)29-4/h5-12,15,17H,13-14,16H2,1-4H3,(H,25,26)/b12-9+. The molecule has 0 heterocycles. The van der Waals surface area contributed by atoms with Gasteiger partial charge in [-0.25, -0.2) is 4.79 Å². The van der Waals surface area contributed by atoms with Crippen molar-refractivity contribution >= 4 is 18.0 Å². The lowest BCUT2D eigenvalue weighted by atomic mass is 10.0. The summed E-state index contributed by atoms with van der Waals surface area (Å²) in [6.07, 6.45) is 3.52. The van der Waals surface area contributed by atoms with E-state index in [1.165, 1.54) is 11.6 Å². The van der Waals surface area contributed by atoms with Crippen molar-refractivity contribution in [3.63, 3.8) is 0 Å². The van der Waals surface area contributed by atoms with E-state index < -0.39 is 5.97 Å². The molecule has 0 spiro atoms. The van der Waals surface area contributed by atoms with Crippen molar-refractivity contribution < 1.29 is 23.8 Å². The number of carbonyl (C=O) groups excluding carboxylic acids is 2. The Morgan fingerprint density at radius 1 is 1.03 bits per heavy atom. The van der Waals surface area contributed by atoms with E-state index >= 15 is 0 Å². The molecule has 160 valence electrons. The second kappa shape index (κ2) is 11.7. The molecule has 0 aliphatic rings. The maximum atomic E-state index is 11.9. The Morgan fingerprint density at radius 2 is 1.77 bits per heavy atom. The molecule has 2 aromatic carbocycles. The predicted octanol–water partition coefficient (Wildman–Crippen LogP) is 3.74. The lowest BCUT2D eigenvalue weighted by Crippen LogP contribution is -2.30. The van der Waals surface area contributed by atoms with Gasteiger partial charge < -0.3 is 19.5 Å². The monoisotopic (exact) mass is 411 g/mol. The summed E-state index contributed by atoms with van der Waals surface area (Å²) in [5.41, 5.74) is 3.10. The third-order valence-corrected chi connectivity index (χ3v) is 4.56. The van der Waals surface area contributed by atoms with Crippen LogP contribution < -0.4 is 14.8 Å². The number of esters is 1. The van der Waals surface area contributed by atoms with Gasteiger partial charge in [0.05, 0.1) is 14.2 Å². The Hall–Kier alpha value is -3.28. The minimum atomic E-state index is -0.612. The molecular formula is C24H29NO5. The molecule has 0 saturated carbocycles. The lowest BCUT2D eigenvalue weighted by Gasteiger charge is -2.08. The van der Waals surface area contributed by atoms with Crippen LogP contribution in [-0.2, 0) is 20.7 Å². The molecule has 0 radical (unpaired) electrons. The first-order valence-electron chi connectivity index (χ1n) is 9.85. The van der Waals surface area contributed by atoms with Crippen LogP contribution in [0, 0.1) is 0 Å². The van der Waals surface area contributed by atoms with Crippen LogP contribution in [0.25, 0.3) is 6.08 Å². The quantitative estimate of drug-likeness (QED) is 0.476. The number of benzene rings is 2. The van der Waals surface area contributed by atoms with Crippen molar-refractivity contribution in [1.82, 2.24) is 5.32 Å². The lowest BCUT2D eigenvalue weighted by molar-refractivity contribution is -0.143. The van der Waals surface area contributed by atoms with Crippen LogP contribution in [0.4, 0.5) is 0 Å². The Balaban J connectivity index is 1.75. The summed E-state index contributed by atoms with van der Waals surface area (Å²) in [4.78, 5) is 23.8. The highest BCUT2D eigenvalue weighted by molar-refractivity contribution is 5.89. The van der Waals surface area contributed by atoms with Gasteiger partial charge in [0, 0.05) is 18.2 Å². The van der Waals surface area contributed by atoms with Crippen LogP contribution in [-0.4, -0.2) is 39.2 Å². The highest BCUT2D eigenvalue weighted by Gasteiger charge is 2.07. The maximum absolute atomic E-state index is 11.9. The summed E-state index contributed by atoms with van der Waals surface area (Å²) in [5, 5.41) is 2.75. The minimum Gasteiger partial charge on any atom is -0.497 e. The zero-order valence-electron chi connectivity index (χ0n) is 17.9. The van der Waals surface area contributed by atoms with Gasteiger partial charge in [0.15, 0.2) is 6.61 Å². The van der Waals surface area contributed by atoms with Crippen molar-refractivity contribution in [3.8, 4) is 11.5 Å². The SMILES string of the molecule is COc1ccc(OC)c(/C=C/C(=O)OCC(=O)NCCc2ccc(C(C)C)cc2)c1. The molecule has 1 N–H and O–H groups in total. The fourth-order valence-electron chi connectivity index (χ4n) is 2.78. The molecule has 0 fully saturated rings. The second-order valence-electron chi connectivity index (χ2n) is 7.05. The van der Waals surface area contributed by atoms with Crippen LogP contribution in [0.2, 0.25) is 0 Å². The van der Waals surface area contributed by atoms with Gasteiger partial charge in [0.2, 0.25) is 0 Å². The van der Waals surface area contributed by atoms with Crippen LogP contribution in [0.15, 0.2) is 48.5 Å². The molecular weight excluding hydrogens is 382 g/mol. The average Bonchev–Trinajstić information content (AvgIpc) is 2.76. The predicted molar refractivity (Wildman–Crippen MR) is 117 cm³/mol. The Bertz CT molecular complexity index is 872. The number of nitrogens with one attached hydrogen (secondary N) is 1. The zero-order valence-corrected chi connectivity index (χ0v) is 17.9. The summed E-state index contributed by atoms with van der Waals surface area (Å²) in [7, 11) is 3.10. The van der Waals surface area contributed by atoms with E-state index in [9.17, 15) is 9.59 Å². The van der Waals surface area contributed by atoms with Gasteiger partial charge in [-0.05, 0) is 47.7 Å². The first-order valence-corrected chi connectivity index (χ1v) is 9.85. The van der Waals surface area contributed by atoms with E-state index in [-0.39, 0.29) is 12.5 Å². The molecule has 30 heavy (non-hydrogen) atoms. The van der Waals surface area contributed by atoms with Crippen LogP contribution >= 0.6 is 0 Å². The molecule has 0 aliphatic heterocycles. The van der Waals surface area contributed by atoms with Gasteiger partial charge in [-0.15, -0.1) is 0 Å². The molecule has 0 saturated heterocycles. The van der Waals surface area contributed by atoms with Gasteiger partial charge in [-0.3, -0.25) is 4.79 Å². The second-order valence-corrected chi connectivity index (χ2v) is 7.05. The van der Waals surface area contributed by atoms with Crippen molar-refractivity contribution in [2.24, 2.45) is 0 Å². The molecule has 0 bridgehead atoms. The smallest absolute Gasteiger partial charge is 0.331 e. The molecule has 2 rings (SSSR count). The molecule has 0 atom stereocenters. The summed E-state index contributed by atoms with van der Waals surface area (Å²) >= 11 is 0. The largest absolute Gasteiger partial charge is 0.497 e. The van der Waals surface area contributed by atoms with Crippen molar-refractivity contribution in [2.75, 3.05) is 27.4 Å². The van der Waals surface area contributed by atoms with Gasteiger partial charge in [0.1, 0.15) is 11.5 Å². The van der Waals surface area contributed by atoms with E-state index in [0.29, 0.717) is 35.9 Å². The van der Waals surface area contributed by atoms with E-state index in [1.807, 2.05) is 0 Å². The van der Waals surface area contributed by atoms with Crippen LogP contribution in [0.1, 0.15) is 36.5 Å². The Morgan fingerprint density at radius 3 is 2.40 bits per heavy atom. The van der Waals surface area contributed by atoms with E-state index in [2.05, 4.69) is 43.4 Å². The highest BCUT2D eigenvalue weighted by atomic mass is 16.5. The van der Waals surface area contributed by atoms with Crippen molar-refractivity contribution in [1.29, 1.82) is 0 Å². The van der Waals surface area contributed by atoms with Gasteiger partial charge >= 0.3 is 5.97 Å².